The van der Waals surface area contributed by atoms with E-state index in [9.17, 15) is 22.8 Å². The zero-order valence-corrected chi connectivity index (χ0v) is 19.6. The van der Waals surface area contributed by atoms with Gasteiger partial charge < -0.3 is 15.6 Å². The van der Waals surface area contributed by atoms with Gasteiger partial charge in [0.25, 0.3) is 0 Å². The highest BCUT2D eigenvalue weighted by molar-refractivity contribution is 7.17. The van der Waals surface area contributed by atoms with Gasteiger partial charge in [-0.2, -0.15) is 13.2 Å². The van der Waals surface area contributed by atoms with Crippen molar-refractivity contribution in [2.45, 2.75) is 37.4 Å². The molecule has 11 heteroatoms. The molecule has 2 aromatic carbocycles. The minimum absolute atomic E-state index is 0.0645. The van der Waals surface area contributed by atoms with Crippen molar-refractivity contribution in [3.05, 3.63) is 63.1 Å². The van der Waals surface area contributed by atoms with Gasteiger partial charge in [-0.25, -0.2) is 0 Å². The van der Waals surface area contributed by atoms with Crippen molar-refractivity contribution in [1.29, 1.82) is 0 Å². The molecule has 0 aliphatic rings. The molecule has 176 valence electrons. The minimum Gasteiger partial charge on any atom is -0.493 e. The molecule has 5 nitrogen and oxygen atoms in total. The molecule has 0 aromatic heterocycles. The van der Waals surface area contributed by atoms with E-state index in [4.69, 9.17) is 38.2 Å². The fraction of sp³-hybridized carbons (Fsp3) is 0.429. The number of benzene rings is 2. The Morgan fingerprint density at radius 3 is 2.50 bits per heavy atom. The smallest absolute Gasteiger partial charge is 0.493 e. The van der Waals surface area contributed by atoms with Gasteiger partial charge >= 0.3 is 14.9 Å². The van der Waals surface area contributed by atoms with Gasteiger partial charge in [-0.15, -0.1) is 4.52 Å². The second-order valence-electron chi connectivity index (χ2n) is 7.41. The quantitative estimate of drug-likeness (QED) is 0.285. The highest BCUT2D eigenvalue weighted by Crippen LogP contribution is 2.37. The lowest BCUT2D eigenvalue weighted by Gasteiger charge is -2.24. The van der Waals surface area contributed by atoms with Gasteiger partial charge in [0, 0.05) is 10.0 Å². The summed E-state index contributed by atoms with van der Waals surface area (Å²) in [6.07, 6.45) is -3.34. The van der Waals surface area contributed by atoms with E-state index in [2.05, 4.69) is 0 Å². The van der Waals surface area contributed by atoms with E-state index in [1.807, 2.05) is 0 Å². The Balaban J connectivity index is 2.03. The van der Waals surface area contributed by atoms with E-state index in [0.29, 0.717) is 28.5 Å². The molecular weight excluding hydrogens is 489 g/mol. The lowest BCUT2D eigenvalue weighted by Crippen LogP contribution is -2.47. The van der Waals surface area contributed by atoms with Crippen LogP contribution in [0, 0.1) is 0 Å². The predicted molar refractivity (Wildman–Crippen MR) is 119 cm³/mol. The van der Waals surface area contributed by atoms with Crippen LogP contribution < -0.4 is 10.5 Å². The van der Waals surface area contributed by atoms with Crippen molar-refractivity contribution in [3.8, 4) is 5.75 Å². The van der Waals surface area contributed by atoms with Crippen LogP contribution in [0.4, 0.5) is 13.2 Å². The number of aryl methyl sites for hydroxylation is 2. The van der Waals surface area contributed by atoms with Crippen LogP contribution >= 0.6 is 31.9 Å². The second-order valence-corrected chi connectivity index (χ2v) is 8.71. The molecule has 0 heterocycles. The molecule has 32 heavy (non-hydrogen) atoms. The number of rotatable bonds is 12. The summed E-state index contributed by atoms with van der Waals surface area (Å²) in [7, 11) is -1.04. The first kappa shape index (κ1) is 26.8. The molecule has 0 spiro atoms. The molecule has 2 atom stereocenters. The van der Waals surface area contributed by atoms with Crippen LogP contribution in [-0.4, -0.2) is 30.5 Å². The number of ether oxygens (including phenoxy) is 1. The fourth-order valence-electron chi connectivity index (χ4n) is 3.02. The molecule has 2 rings (SSSR count). The van der Waals surface area contributed by atoms with Crippen LogP contribution in [0.2, 0.25) is 10.0 Å². The van der Waals surface area contributed by atoms with Gasteiger partial charge in [-0.05, 0) is 71.7 Å². The summed E-state index contributed by atoms with van der Waals surface area (Å²) < 4.78 is 61.4. The Labute approximate surface area is 195 Å². The summed E-state index contributed by atoms with van der Waals surface area (Å²) in [5, 5.41) is 10.5. The first-order valence-electron chi connectivity index (χ1n) is 9.73. The summed E-state index contributed by atoms with van der Waals surface area (Å²) in [4.78, 5) is 0. The standard InChI is InChI=1S/C21H24Cl2F3NO4P/c22-16-4-5-18(23)15(11-16)2-1-9-30-19-6-3-14(10-17(19)21(24,25)26)7-8-20(27,12-28)13-31-32-29/h3-6,10-11,28,32H,1-2,7-9,12-13,27H2/q+1. The van der Waals surface area contributed by atoms with Crippen LogP contribution in [-0.2, 0) is 28.1 Å². The number of halogens is 5. The van der Waals surface area contributed by atoms with Crippen LogP contribution in [0.5, 0.6) is 5.75 Å². The fourth-order valence-corrected chi connectivity index (χ4v) is 3.78. The van der Waals surface area contributed by atoms with E-state index in [1.54, 1.807) is 18.2 Å². The second kappa shape index (κ2) is 12.2. The molecule has 2 unspecified atom stereocenters. The van der Waals surface area contributed by atoms with Crippen LogP contribution in [0.3, 0.4) is 0 Å². The molecule has 2 aromatic rings. The minimum atomic E-state index is -4.61. The van der Waals surface area contributed by atoms with Gasteiger partial charge in [0.2, 0.25) is 0 Å². The average Bonchev–Trinajstić information content (AvgIpc) is 2.75. The van der Waals surface area contributed by atoms with Crippen molar-refractivity contribution in [2.24, 2.45) is 5.73 Å². The van der Waals surface area contributed by atoms with Crippen molar-refractivity contribution in [2.75, 3.05) is 19.8 Å². The van der Waals surface area contributed by atoms with Gasteiger partial charge in [0.05, 0.1) is 24.3 Å². The first-order chi connectivity index (χ1) is 15.1. The third-order valence-corrected chi connectivity index (χ3v) is 5.72. The first-order valence-corrected chi connectivity index (χ1v) is 11.3. The number of hydrogen-bond donors (Lipinski definition) is 2. The Morgan fingerprint density at radius 2 is 1.84 bits per heavy atom. The van der Waals surface area contributed by atoms with Crippen molar-refractivity contribution in [3.63, 3.8) is 0 Å². The van der Waals surface area contributed by atoms with Gasteiger partial charge in [-0.1, -0.05) is 29.3 Å². The van der Waals surface area contributed by atoms with Gasteiger partial charge in [-0.3, -0.25) is 0 Å². The zero-order chi connectivity index (χ0) is 23.8. The van der Waals surface area contributed by atoms with E-state index in [0.717, 1.165) is 11.6 Å². The summed E-state index contributed by atoms with van der Waals surface area (Å²) in [6, 6.07) is 8.85. The molecule has 0 radical (unpaired) electrons. The summed E-state index contributed by atoms with van der Waals surface area (Å²) in [5.74, 6) is -0.268. The lowest BCUT2D eigenvalue weighted by atomic mass is 9.93. The van der Waals surface area contributed by atoms with Gasteiger partial charge in [0.15, 0.2) is 0 Å². The van der Waals surface area contributed by atoms with Crippen LogP contribution in [0.1, 0.15) is 29.5 Å². The van der Waals surface area contributed by atoms with E-state index < -0.39 is 32.6 Å². The number of nitrogens with two attached hydrogens (primary N) is 1. The average molecular weight is 513 g/mol. The van der Waals surface area contributed by atoms with E-state index >= 15 is 0 Å². The van der Waals surface area contributed by atoms with Crippen molar-refractivity contribution >= 4 is 31.9 Å². The van der Waals surface area contributed by atoms with Crippen molar-refractivity contribution < 1.29 is 32.1 Å². The number of alkyl halides is 3. The Bertz CT molecular complexity index is 917. The Morgan fingerprint density at radius 1 is 1.09 bits per heavy atom. The molecule has 0 fully saturated rings. The third kappa shape index (κ3) is 8.18. The summed E-state index contributed by atoms with van der Waals surface area (Å²) in [6.45, 7) is -0.564. The summed E-state index contributed by atoms with van der Waals surface area (Å²) >= 11 is 12.0. The summed E-state index contributed by atoms with van der Waals surface area (Å²) in [5.41, 5.74) is 5.04. The largest absolute Gasteiger partial charge is 0.494 e. The molecule has 0 saturated carbocycles. The van der Waals surface area contributed by atoms with Crippen molar-refractivity contribution in [1.82, 2.24) is 0 Å². The Hall–Kier alpha value is -1.41. The normalized spacial score (nSPS) is 13.8. The number of aliphatic hydroxyl groups excluding tert-OH is 1. The molecule has 3 N–H and O–H groups in total. The lowest BCUT2D eigenvalue weighted by molar-refractivity contribution is -0.139. The monoisotopic (exact) mass is 512 g/mol. The maximum absolute atomic E-state index is 13.6. The van der Waals surface area contributed by atoms with Crippen LogP contribution in [0.25, 0.3) is 0 Å². The van der Waals surface area contributed by atoms with E-state index in [1.165, 1.54) is 12.1 Å². The molecule has 0 aliphatic heterocycles. The Kier molecular flexibility index (Phi) is 10.2. The third-order valence-electron chi connectivity index (χ3n) is 4.85. The number of hydrogen-bond acceptors (Lipinski definition) is 5. The SMILES string of the molecule is NC(CO)(CCc1ccc(OCCCc2cc(Cl)ccc2Cl)c(C(F)(F)F)c1)CO[PH+]=O. The van der Waals surface area contributed by atoms with E-state index in [-0.39, 0.29) is 31.8 Å². The predicted octanol–water partition coefficient (Wildman–Crippen LogP) is 5.60. The zero-order valence-electron chi connectivity index (χ0n) is 17.1. The molecule has 0 amide bonds. The topological polar surface area (TPSA) is 81.8 Å². The molecular formula is C21H24Cl2F3NO4P+. The number of aliphatic hydroxyl groups is 1. The van der Waals surface area contributed by atoms with Gasteiger partial charge in [0.1, 0.15) is 12.4 Å². The highest BCUT2D eigenvalue weighted by atomic mass is 35.5. The maximum Gasteiger partial charge on any atom is 0.494 e. The molecule has 0 aliphatic carbocycles. The van der Waals surface area contributed by atoms with Crippen LogP contribution in [0.15, 0.2) is 36.4 Å². The maximum atomic E-state index is 13.6. The highest BCUT2D eigenvalue weighted by Gasteiger charge is 2.35. The molecule has 0 bridgehead atoms. The molecule has 0 saturated heterocycles.